The van der Waals surface area contributed by atoms with E-state index in [1.54, 1.807) is 11.3 Å². The lowest BCUT2D eigenvalue weighted by molar-refractivity contribution is 0.609. The van der Waals surface area contributed by atoms with Gasteiger partial charge in [0, 0.05) is 4.88 Å². The zero-order chi connectivity index (χ0) is 11.8. The Morgan fingerprint density at radius 1 is 1.06 bits per heavy atom. The van der Waals surface area contributed by atoms with Gasteiger partial charge in [-0.3, -0.25) is 0 Å². The van der Waals surface area contributed by atoms with Gasteiger partial charge < -0.3 is 5.73 Å². The first-order valence-electron chi connectivity index (χ1n) is 5.43. The van der Waals surface area contributed by atoms with Gasteiger partial charge in [-0.25, -0.2) is 0 Å². The molecule has 0 aliphatic carbocycles. The zero-order valence-corrected chi connectivity index (χ0v) is 10.8. The van der Waals surface area contributed by atoms with Gasteiger partial charge in [0.05, 0.1) is 5.54 Å². The third kappa shape index (κ3) is 1.79. The maximum absolute atomic E-state index is 6.52. The Morgan fingerprint density at radius 3 is 2.31 bits per heavy atom. The lowest BCUT2D eigenvalue weighted by atomic mass is 9.87. The lowest BCUT2D eigenvalue weighted by Crippen LogP contribution is -2.34. The number of nitrogens with two attached hydrogens (primary N) is 1. The van der Waals surface area contributed by atoms with E-state index in [-0.39, 0.29) is 5.54 Å². The summed E-state index contributed by atoms with van der Waals surface area (Å²) in [5.74, 6) is 0. The summed E-state index contributed by atoms with van der Waals surface area (Å²) in [7, 11) is 0. The molecule has 2 N–H and O–H groups in total. The third-order valence-corrected chi connectivity index (χ3v) is 4.29. The third-order valence-electron chi connectivity index (χ3n) is 3.04. The van der Waals surface area contributed by atoms with E-state index in [4.69, 9.17) is 5.73 Å². The molecule has 84 valence electrons. The van der Waals surface area contributed by atoms with E-state index in [1.165, 1.54) is 21.6 Å². The molecular weight excluding hydrogens is 214 g/mol. The van der Waals surface area contributed by atoms with Crippen LogP contribution in [0.15, 0.2) is 35.7 Å². The summed E-state index contributed by atoms with van der Waals surface area (Å²) in [6.45, 7) is 6.33. The molecule has 0 aliphatic rings. The first-order valence-corrected chi connectivity index (χ1v) is 6.31. The SMILES string of the molecule is Cc1ccccc1C(C)(N)c1sccc1C. The fourth-order valence-corrected chi connectivity index (χ4v) is 3.20. The van der Waals surface area contributed by atoms with Crippen molar-refractivity contribution in [1.82, 2.24) is 0 Å². The molecule has 1 heterocycles. The predicted molar refractivity (Wildman–Crippen MR) is 70.9 cm³/mol. The van der Waals surface area contributed by atoms with Crippen LogP contribution >= 0.6 is 11.3 Å². The smallest absolute Gasteiger partial charge is 0.0735 e. The van der Waals surface area contributed by atoms with Crippen LogP contribution in [-0.2, 0) is 5.54 Å². The summed E-state index contributed by atoms with van der Waals surface area (Å²) in [5, 5.41) is 2.11. The second kappa shape index (κ2) is 4.04. The first-order chi connectivity index (χ1) is 7.53. The molecule has 0 fully saturated rings. The molecule has 0 saturated carbocycles. The number of aryl methyl sites for hydroxylation is 2. The largest absolute Gasteiger partial charge is 0.317 e. The van der Waals surface area contributed by atoms with Crippen molar-refractivity contribution in [2.45, 2.75) is 26.3 Å². The Kier molecular flexibility index (Phi) is 2.87. The van der Waals surface area contributed by atoms with Crippen molar-refractivity contribution in [2.75, 3.05) is 0 Å². The molecule has 16 heavy (non-hydrogen) atoms. The fourth-order valence-electron chi connectivity index (χ4n) is 2.18. The molecule has 2 heteroatoms. The molecular formula is C14H17NS. The highest BCUT2D eigenvalue weighted by Crippen LogP contribution is 2.34. The molecule has 2 rings (SSSR count). The summed E-state index contributed by atoms with van der Waals surface area (Å²) < 4.78 is 0. The minimum atomic E-state index is -0.385. The van der Waals surface area contributed by atoms with Gasteiger partial charge in [-0.05, 0) is 48.9 Å². The summed E-state index contributed by atoms with van der Waals surface area (Å²) in [6.07, 6.45) is 0. The Bertz CT molecular complexity index is 497. The minimum Gasteiger partial charge on any atom is -0.317 e. The van der Waals surface area contributed by atoms with Crippen molar-refractivity contribution in [1.29, 1.82) is 0 Å². The molecule has 2 aromatic rings. The van der Waals surface area contributed by atoms with Crippen molar-refractivity contribution in [3.05, 3.63) is 57.3 Å². The quantitative estimate of drug-likeness (QED) is 0.840. The van der Waals surface area contributed by atoms with Crippen LogP contribution in [0.3, 0.4) is 0 Å². The van der Waals surface area contributed by atoms with Gasteiger partial charge in [0.2, 0.25) is 0 Å². The van der Waals surface area contributed by atoms with Crippen molar-refractivity contribution in [2.24, 2.45) is 5.73 Å². The normalized spacial score (nSPS) is 14.8. The summed E-state index contributed by atoms with van der Waals surface area (Å²) in [4.78, 5) is 1.25. The first kappa shape index (κ1) is 11.4. The Balaban J connectivity index is 2.55. The van der Waals surface area contributed by atoms with Gasteiger partial charge in [0.15, 0.2) is 0 Å². The second-order valence-electron chi connectivity index (χ2n) is 4.45. The van der Waals surface area contributed by atoms with Gasteiger partial charge in [-0.2, -0.15) is 0 Å². The molecule has 1 aromatic heterocycles. The molecule has 1 nitrogen and oxygen atoms in total. The number of hydrogen-bond donors (Lipinski definition) is 1. The van der Waals surface area contributed by atoms with E-state index in [0.29, 0.717) is 0 Å². The highest BCUT2D eigenvalue weighted by Gasteiger charge is 2.27. The lowest BCUT2D eigenvalue weighted by Gasteiger charge is -2.27. The molecule has 1 atom stereocenters. The van der Waals surface area contributed by atoms with Gasteiger partial charge in [0.25, 0.3) is 0 Å². The van der Waals surface area contributed by atoms with Crippen LogP contribution in [0.2, 0.25) is 0 Å². The number of thiophene rings is 1. The van der Waals surface area contributed by atoms with Gasteiger partial charge in [-0.15, -0.1) is 11.3 Å². The van der Waals surface area contributed by atoms with Gasteiger partial charge in [-0.1, -0.05) is 24.3 Å². The number of benzene rings is 1. The van der Waals surface area contributed by atoms with Gasteiger partial charge >= 0.3 is 0 Å². The average molecular weight is 231 g/mol. The molecule has 0 bridgehead atoms. The molecule has 0 radical (unpaired) electrons. The summed E-state index contributed by atoms with van der Waals surface area (Å²) >= 11 is 1.74. The van der Waals surface area contributed by atoms with Crippen LogP contribution in [-0.4, -0.2) is 0 Å². The van der Waals surface area contributed by atoms with Gasteiger partial charge in [0.1, 0.15) is 0 Å². The molecule has 0 aliphatic heterocycles. The Hall–Kier alpha value is -1.12. The standard InChI is InChI=1S/C14H17NS/c1-10-6-4-5-7-12(10)14(3,15)13-11(2)8-9-16-13/h4-9H,15H2,1-3H3. The number of hydrogen-bond acceptors (Lipinski definition) is 2. The Labute approximate surface area is 101 Å². The average Bonchev–Trinajstić information content (AvgIpc) is 2.65. The van der Waals surface area contributed by atoms with E-state index in [1.807, 2.05) is 0 Å². The van der Waals surface area contributed by atoms with Crippen LogP contribution in [0, 0.1) is 13.8 Å². The van der Waals surface area contributed by atoms with E-state index in [2.05, 4.69) is 56.5 Å². The molecule has 0 amide bonds. The van der Waals surface area contributed by atoms with E-state index < -0.39 is 0 Å². The maximum Gasteiger partial charge on any atom is 0.0735 e. The number of rotatable bonds is 2. The monoisotopic (exact) mass is 231 g/mol. The molecule has 0 spiro atoms. The predicted octanol–water partition coefficient (Wildman–Crippen LogP) is 3.59. The van der Waals surface area contributed by atoms with Crippen LogP contribution in [0.5, 0.6) is 0 Å². The molecule has 1 aromatic carbocycles. The van der Waals surface area contributed by atoms with E-state index >= 15 is 0 Å². The van der Waals surface area contributed by atoms with E-state index in [9.17, 15) is 0 Å². The zero-order valence-electron chi connectivity index (χ0n) is 9.95. The van der Waals surface area contributed by atoms with E-state index in [0.717, 1.165) is 0 Å². The maximum atomic E-state index is 6.52. The summed E-state index contributed by atoms with van der Waals surface area (Å²) in [5.41, 5.74) is 9.87. The van der Waals surface area contributed by atoms with Crippen molar-refractivity contribution in [3.8, 4) is 0 Å². The fraction of sp³-hybridized carbons (Fsp3) is 0.286. The van der Waals surface area contributed by atoms with Crippen molar-refractivity contribution in [3.63, 3.8) is 0 Å². The van der Waals surface area contributed by atoms with Crippen LogP contribution in [0.25, 0.3) is 0 Å². The van der Waals surface area contributed by atoms with Crippen LogP contribution in [0.4, 0.5) is 0 Å². The molecule has 1 unspecified atom stereocenters. The highest BCUT2D eigenvalue weighted by atomic mass is 32.1. The van der Waals surface area contributed by atoms with Crippen molar-refractivity contribution < 1.29 is 0 Å². The molecule has 0 saturated heterocycles. The summed E-state index contributed by atoms with van der Waals surface area (Å²) in [6, 6.07) is 10.5. The van der Waals surface area contributed by atoms with Crippen LogP contribution in [0.1, 0.15) is 28.5 Å². The highest BCUT2D eigenvalue weighted by molar-refractivity contribution is 7.10. The van der Waals surface area contributed by atoms with Crippen molar-refractivity contribution >= 4 is 11.3 Å². The second-order valence-corrected chi connectivity index (χ2v) is 5.37. The van der Waals surface area contributed by atoms with Crippen LogP contribution < -0.4 is 5.73 Å². The topological polar surface area (TPSA) is 26.0 Å². The minimum absolute atomic E-state index is 0.385. The Morgan fingerprint density at radius 2 is 1.75 bits per heavy atom.